The lowest BCUT2D eigenvalue weighted by atomic mass is 10.1. The van der Waals surface area contributed by atoms with Crippen molar-refractivity contribution in [3.63, 3.8) is 0 Å². The number of carboxylic acids is 1. The fourth-order valence-electron chi connectivity index (χ4n) is 3.00. The Morgan fingerprint density at radius 2 is 1.86 bits per heavy atom. The van der Waals surface area contributed by atoms with Crippen LogP contribution in [0.4, 0.5) is 13.2 Å². The number of carboxylic acid groups (broad SMARTS) is 1. The number of primary amides is 1. The van der Waals surface area contributed by atoms with Gasteiger partial charge in [0.15, 0.2) is 0 Å². The number of nitrogens with zero attached hydrogens (tertiary/aromatic N) is 1. The summed E-state index contributed by atoms with van der Waals surface area (Å²) < 4.78 is 43.1. The molecule has 0 aliphatic carbocycles. The van der Waals surface area contributed by atoms with E-state index < -0.39 is 30.0 Å². The predicted octanol–water partition coefficient (Wildman–Crippen LogP) is 2.58. The minimum atomic E-state index is -4.87. The molecule has 0 saturated carbocycles. The summed E-state index contributed by atoms with van der Waals surface area (Å²) in [5.41, 5.74) is 12.3. The third kappa shape index (κ3) is 4.49. The van der Waals surface area contributed by atoms with Crippen LogP contribution in [0.1, 0.15) is 16.1 Å². The van der Waals surface area contributed by atoms with Crippen LogP contribution in [0, 0.1) is 0 Å². The molecule has 10 heteroatoms. The molecule has 0 saturated heterocycles. The number of rotatable bonds is 6. The average molecular weight is 407 g/mol. The maximum atomic E-state index is 12.6. The number of aromatic nitrogens is 1. The van der Waals surface area contributed by atoms with Crippen molar-refractivity contribution in [3.8, 4) is 11.4 Å². The summed E-state index contributed by atoms with van der Waals surface area (Å²) in [6.07, 6.45) is -4.85. The van der Waals surface area contributed by atoms with Crippen molar-refractivity contribution in [1.29, 1.82) is 0 Å². The highest BCUT2D eigenvalue weighted by molar-refractivity contribution is 5.99. The van der Waals surface area contributed by atoms with E-state index in [2.05, 4.69) is 4.74 Å². The van der Waals surface area contributed by atoms with E-state index in [9.17, 15) is 22.8 Å². The number of nitrogens with two attached hydrogens (primary N) is 2. The molecule has 0 fully saturated rings. The van der Waals surface area contributed by atoms with Crippen molar-refractivity contribution < 1.29 is 32.6 Å². The van der Waals surface area contributed by atoms with Crippen LogP contribution in [0.2, 0.25) is 0 Å². The van der Waals surface area contributed by atoms with Crippen molar-refractivity contribution in [2.45, 2.75) is 18.8 Å². The van der Waals surface area contributed by atoms with Gasteiger partial charge in [0, 0.05) is 17.1 Å². The van der Waals surface area contributed by atoms with Gasteiger partial charge in [0.1, 0.15) is 17.5 Å². The van der Waals surface area contributed by atoms with Gasteiger partial charge in [-0.2, -0.15) is 0 Å². The summed E-state index contributed by atoms with van der Waals surface area (Å²) in [7, 11) is 0. The van der Waals surface area contributed by atoms with Crippen molar-refractivity contribution in [1.82, 2.24) is 4.57 Å². The lowest BCUT2D eigenvalue weighted by Gasteiger charge is -2.13. The van der Waals surface area contributed by atoms with Gasteiger partial charge in [0.2, 0.25) is 0 Å². The molecule has 0 spiro atoms. The number of hydrogen-bond donors (Lipinski definition) is 3. The molecular formula is C19H16F3N3O4. The number of carbonyl (C=O) groups excluding carboxylic acids is 1. The second-order valence-electron chi connectivity index (χ2n) is 6.32. The SMILES string of the molecule is NC(=O)c1cc2ccc(OC(F)(F)F)cc2n1-c1cccc(C[C@@H](N)C(=O)O)c1. The molecule has 29 heavy (non-hydrogen) atoms. The molecule has 1 heterocycles. The molecule has 0 aliphatic heterocycles. The zero-order valence-corrected chi connectivity index (χ0v) is 14.8. The first kappa shape index (κ1) is 20.2. The van der Waals surface area contributed by atoms with Gasteiger partial charge in [0.25, 0.3) is 5.91 Å². The molecule has 1 amide bonds. The molecule has 1 aromatic heterocycles. The van der Waals surface area contributed by atoms with Crippen LogP contribution in [0.25, 0.3) is 16.6 Å². The van der Waals surface area contributed by atoms with E-state index >= 15 is 0 Å². The summed E-state index contributed by atoms with van der Waals surface area (Å²) in [6.45, 7) is 0. The Balaban J connectivity index is 2.14. The first-order valence-electron chi connectivity index (χ1n) is 8.34. The van der Waals surface area contributed by atoms with Gasteiger partial charge in [-0.1, -0.05) is 12.1 Å². The van der Waals surface area contributed by atoms with Crippen LogP contribution in [0.15, 0.2) is 48.5 Å². The number of amides is 1. The molecule has 0 unspecified atom stereocenters. The van der Waals surface area contributed by atoms with Gasteiger partial charge in [-0.3, -0.25) is 9.59 Å². The summed E-state index contributed by atoms with van der Waals surface area (Å²) in [5, 5.41) is 9.45. The molecule has 3 rings (SSSR count). The molecule has 0 radical (unpaired) electrons. The monoisotopic (exact) mass is 407 g/mol. The number of ether oxygens (including phenoxy) is 1. The molecule has 3 aromatic rings. The second-order valence-corrected chi connectivity index (χ2v) is 6.32. The topological polar surface area (TPSA) is 121 Å². The number of halogens is 3. The third-order valence-electron chi connectivity index (χ3n) is 4.20. The van der Waals surface area contributed by atoms with E-state index in [-0.39, 0.29) is 17.6 Å². The quantitative estimate of drug-likeness (QED) is 0.580. The van der Waals surface area contributed by atoms with Crippen LogP contribution < -0.4 is 16.2 Å². The molecule has 152 valence electrons. The van der Waals surface area contributed by atoms with E-state index in [1.165, 1.54) is 16.7 Å². The molecule has 1 atom stereocenters. The first-order valence-corrected chi connectivity index (χ1v) is 8.34. The van der Waals surface area contributed by atoms with E-state index in [0.717, 1.165) is 12.1 Å². The fraction of sp³-hybridized carbons (Fsp3) is 0.158. The third-order valence-corrected chi connectivity index (χ3v) is 4.20. The maximum Gasteiger partial charge on any atom is 0.573 e. The molecule has 0 aliphatic rings. The van der Waals surface area contributed by atoms with Crippen LogP contribution in [0.3, 0.4) is 0 Å². The van der Waals surface area contributed by atoms with Gasteiger partial charge in [-0.15, -0.1) is 13.2 Å². The Labute approximate surface area is 162 Å². The minimum absolute atomic E-state index is 0.0245. The average Bonchev–Trinajstić information content (AvgIpc) is 2.99. The van der Waals surface area contributed by atoms with Gasteiger partial charge in [-0.05, 0) is 42.3 Å². The van der Waals surface area contributed by atoms with Crippen molar-refractivity contribution >= 4 is 22.8 Å². The number of hydrogen-bond acceptors (Lipinski definition) is 4. The summed E-state index contributed by atoms with van der Waals surface area (Å²) in [6, 6.07) is 10.4. The molecule has 7 nitrogen and oxygen atoms in total. The normalized spacial score (nSPS) is 12.7. The highest BCUT2D eigenvalue weighted by Crippen LogP contribution is 2.31. The Morgan fingerprint density at radius 1 is 1.14 bits per heavy atom. The first-order chi connectivity index (χ1) is 13.5. The van der Waals surface area contributed by atoms with Crippen molar-refractivity contribution in [2.24, 2.45) is 11.5 Å². The number of carbonyl (C=O) groups is 2. The van der Waals surface area contributed by atoms with Gasteiger partial charge >= 0.3 is 12.3 Å². The number of aliphatic carboxylic acids is 1. The minimum Gasteiger partial charge on any atom is -0.480 e. The summed E-state index contributed by atoms with van der Waals surface area (Å²) >= 11 is 0. The van der Waals surface area contributed by atoms with E-state index in [1.807, 2.05) is 0 Å². The lowest BCUT2D eigenvalue weighted by molar-refractivity contribution is -0.274. The highest BCUT2D eigenvalue weighted by atomic mass is 19.4. The molecule has 0 bridgehead atoms. The summed E-state index contributed by atoms with van der Waals surface area (Å²) in [5.74, 6) is -2.41. The lowest BCUT2D eigenvalue weighted by Crippen LogP contribution is -2.32. The Hall–Kier alpha value is -3.53. The standard InChI is InChI=1S/C19H16F3N3O4/c20-19(21,22)29-13-5-4-11-8-16(17(24)26)25(15(11)9-13)12-3-1-2-10(6-12)7-14(23)18(27)28/h1-6,8-9,14H,7,23H2,(H2,24,26)(H,27,28)/t14-/m1/s1. The highest BCUT2D eigenvalue weighted by Gasteiger charge is 2.31. The largest absolute Gasteiger partial charge is 0.573 e. The molecule has 5 N–H and O–H groups in total. The maximum absolute atomic E-state index is 12.6. The van der Waals surface area contributed by atoms with Crippen molar-refractivity contribution in [2.75, 3.05) is 0 Å². The fourth-order valence-corrected chi connectivity index (χ4v) is 3.00. The van der Waals surface area contributed by atoms with Gasteiger partial charge in [0.05, 0.1) is 5.52 Å². The van der Waals surface area contributed by atoms with Crippen LogP contribution >= 0.6 is 0 Å². The van der Waals surface area contributed by atoms with Crippen LogP contribution in [0.5, 0.6) is 5.75 Å². The van der Waals surface area contributed by atoms with E-state index in [0.29, 0.717) is 16.6 Å². The van der Waals surface area contributed by atoms with Crippen LogP contribution in [-0.2, 0) is 11.2 Å². The van der Waals surface area contributed by atoms with E-state index in [4.69, 9.17) is 16.6 Å². The Morgan fingerprint density at radius 3 is 2.48 bits per heavy atom. The number of fused-ring (bicyclic) bond motifs is 1. The van der Waals surface area contributed by atoms with Crippen LogP contribution in [-0.4, -0.2) is 34.0 Å². The summed E-state index contributed by atoms with van der Waals surface area (Å²) in [4.78, 5) is 22.9. The van der Waals surface area contributed by atoms with E-state index in [1.54, 1.807) is 24.3 Å². The zero-order valence-electron chi connectivity index (χ0n) is 14.8. The predicted molar refractivity (Wildman–Crippen MR) is 97.8 cm³/mol. The molecular weight excluding hydrogens is 391 g/mol. The Kier molecular flexibility index (Phi) is 5.21. The molecule has 2 aromatic carbocycles. The second kappa shape index (κ2) is 7.47. The Bertz CT molecular complexity index is 1090. The number of benzene rings is 2. The van der Waals surface area contributed by atoms with Gasteiger partial charge in [-0.25, -0.2) is 0 Å². The van der Waals surface area contributed by atoms with Gasteiger partial charge < -0.3 is 25.9 Å². The number of alkyl halides is 3. The zero-order chi connectivity index (χ0) is 21.3. The smallest absolute Gasteiger partial charge is 0.480 e. The van der Waals surface area contributed by atoms with Crippen molar-refractivity contribution in [3.05, 3.63) is 59.8 Å².